The number of hydrogen-bond acceptors (Lipinski definition) is 2. The number of carbonyl (C=O) groups excluding carboxylic acids is 1. The Morgan fingerprint density at radius 2 is 1.82 bits per heavy atom. The molecule has 4 rings (SSSR count). The van der Waals surface area contributed by atoms with E-state index in [1.165, 1.54) is 18.9 Å². The molecular formula is C22H19F2N3O. The minimum Gasteiger partial charge on any atom is -0.334 e. The predicted octanol–water partition coefficient (Wildman–Crippen LogP) is 4.82. The first-order chi connectivity index (χ1) is 13.6. The molecule has 0 spiro atoms. The topological polar surface area (TPSA) is 46.9 Å². The van der Waals surface area contributed by atoms with Crippen molar-refractivity contribution in [3.8, 4) is 11.3 Å². The second-order valence-corrected chi connectivity index (χ2v) is 6.73. The summed E-state index contributed by atoms with van der Waals surface area (Å²) in [5, 5.41) is 2.68. The molecule has 1 aliphatic rings. The van der Waals surface area contributed by atoms with E-state index in [4.69, 9.17) is 0 Å². The number of hydrogen-bond donors (Lipinski definition) is 1. The van der Waals surface area contributed by atoms with Gasteiger partial charge < -0.3 is 9.88 Å². The fourth-order valence-electron chi connectivity index (χ4n) is 3.29. The van der Waals surface area contributed by atoms with E-state index < -0.39 is 17.5 Å². The summed E-state index contributed by atoms with van der Waals surface area (Å²) in [6, 6.07) is 10.9. The number of aromatic nitrogens is 2. The summed E-state index contributed by atoms with van der Waals surface area (Å²) >= 11 is 0. The first-order valence-corrected chi connectivity index (χ1v) is 9.20. The molecule has 0 atom stereocenters. The zero-order valence-corrected chi connectivity index (χ0v) is 15.2. The Morgan fingerprint density at radius 3 is 2.54 bits per heavy atom. The quantitative estimate of drug-likeness (QED) is 0.661. The standard InChI is InChI=1S/C22H19F2N3O/c23-18-4-3-5-19(24)17(18)11-12-22(28)25-16-9-7-15(8-10-16)20-14-27-13-2-1-6-21(27)26-20/h3-5,7-12,14H,1-2,6,13H2,(H,25,28). The first-order valence-electron chi connectivity index (χ1n) is 9.20. The van der Waals surface area contributed by atoms with E-state index in [1.807, 2.05) is 12.1 Å². The van der Waals surface area contributed by atoms with Crippen LogP contribution in [-0.4, -0.2) is 15.5 Å². The molecule has 2 heterocycles. The Labute approximate surface area is 161 Å². The molecule has 1 N–H and O–H groups in total. The third-order valence-corrected chi connectivity index (χ3v) is 4.76. The van der Waals surface area contributed by atoms with Crippen LogP contribution in [0.3, 0.4) is 0 Å². The van der Waals surface area contributed by atoms with Gasteiger partial charge in [0.1, 0.15) is 17.5 Å². The highest BCUT2D eigenvalue weighted by molar-refractivity contribution is 6.02. The van der Waals surface area contributed by atoms with Crippen molar-refractivity contribution in [3.63, 3.8) is 0 Å². The molecule has 0 unspecified atom stereocenters. The maximum absolute atomic E-state index is 13.6. The first kappa shape index (κ1) is 18.1. The Balaban J connectivity index is 1.43. The highest BCUT2D eigenvalue weighted by Gasteiger charge is 2.13. The van der Waals surface area contributed by atoms with Crippen molar-refractivity contribution in [3.05, 3.63) is 77.8 Å². The van der Waals surface area contributed by atoms with Crippen molar-refractivity contribution in [1.82, 2.24) is 9.55 Å². The van der Waals surface area contributed by atoms with Crippen LogP contribution in [0.5, 0.6) is 0 Å². The van der Waals surface area contributed by atoms with E-state index >= 15 is 0 Å². The molecule has 1 aliphatic heterocycles. The molecule has 0 fully saturated rings. The van der Waals surface area contributed by atoms with Crippen molar-refractivity contribution in [2.24, 2.45) is 0 Å². The maximum Gasteiger partial charge on any atom is 0.248 e. The van der Waals surface area contributed by atoms with Crippen LogP contribution in [0.15, 0.2) is 54.7 Å². The largest absolute Gasteiger partial charge is 0.334 e. The average Bonchev–Trinajstić information content (AvgIpc) is 3.12. The number of carbonyl (C=O) groups is 1. The molecule has 6 heteroatoms. The lowest BCUT2D eigenvalue weighted by Crippen LogP contribution is -2.08. The Hall–Kier alpha value is -3.28. The van der Waals surface area contributed by atoms with Crippen molar-refractivity contribution < 1.29 is 13.6 Å². The lowest BCUT2D eigenvalue weighted by molar-refractivity contribution is -0.111. The second-order valence-electron chi connectivity index (χ2n) is 6.73. The van der Waals surface area contributed by atoms with Gasteiger partial charge in [-0.2, -0.15) is 0 Å². The summed E-state index contributed by atoms with van der Waals surface area (Å²) in [5.74, 6) is -0.774. The molecule has 2 aromatic carbocycles. The molecule has 0 saturated carbocycles. The normalized spacial score (nSPS) is 13.5. The molecule has 1 amide bonds. The summed E-state index contributed by atoms with van der Waals surface area (Å²) in [6.07, 6.45) is 7.66. The zero-order chi connectivity index (χ0) is 19.5. The highest BCUT2D eigenvalue weighted by Crippen LogP contribution is 2.24. The summed E-state index contributed by atoms with van der Waals surface area (Å²) in [4.78, 5) is 16.7. The number of rotatable bonds is 4. The van der Waals surface area contributed by atoms with Crippen molar-refractivity contribution in [2.45, 2.75) is 25.8 Å². The van der Waals surface area contributed by atoms with Gasteiger partial charge >= 0.3 is 0 Å². The molecule has 0 saturated heterocycles. The van der Waals surface area contributed by atoms with Gasteiger partial charge in [-0.3, -0.25) is 4.79 Å². The van der Waals surface area contributed by atoms with Gasteiger partial charge in [0.2, 0.25) is 5.91 Å². The van der Waals surface area contributed by atoms with Crippen LogP contribution in [-0.2, 0) is 17.8 Å². The van der Waals surface area contributed by atoms with Gasteiger partial charge in [-0.1, -0.05) is 18.2 Å². The van der Waals surface area contributed by atoms with Gasteiger partial charge in [-0.05, 0) is 43.2 Å². The number of halogens is 2. The highest BCUT2D eigenvalue weighted by atomic mass is 19.1. The number of anilines is 1. The third kappa shape index (κ3) is 3.86. The van der Waals surface area contributed by atoms with E-state index in [-0.39, 0.29) is 5.56 Å². The van der Waals surface area contributed by atoms with Crippen molar-refractivity contribution in [1.29, 1.82) is 0 Å². The van der Waals surface area contributed by atoms with Gasteiger partial charge in [0.15, 0.2) is 0 Å². The number of amides is 1. The Morgan fingerprint density at radius 1 is 1.07 bits per heavy atom. The number of nitrogens with zero attached hydrogens (tertiary/aromatic N) is 2. The molecule has 28 heavy (non-hydrogen) atoms. The minimum absolute atomic E-state index is 0.239. The molecule has 3 aromatic rings. The van der Waals surface area contributed by atoms with Crippen LogP contribution in [0, 0.1) is 11.6 Å². The van der Waals surface area contributed by atoms with Gasteiger partial charge in [-0.25, -0.2) is 13.8 Å². The van der Waals surface area contributed by atoms with E-state index in [2.05, 4.69) is 21.1 Å². The second kappa shape index (κ2) is 7.76. The SMILES string of the molecule is O=C(C=Cc1c(F)cccc1F)Nc1ccc(-c2cn3c(n2)CCCC3)cc1. The van der Waals surface area contributed by atoms with Gasteiger partial charge in [0.05, 0.1) is 5.69 Å². The van der Waals surface area contributed by atoms with Crippen LogP contribution >= 0.6 is 0 Å². The maximum atomic E-state index is 13.6. The molecule has 0 radical (unpaired) electrons. The number of fused-ring (bicyclic) bond motifs is 1. The van der Waals surface area contributed by atoms with Gasteiger partial charge in [0.25, 0.3) is 0 Å². The average molecular weight is 379 g/mol. The predicted molar refractivity (Wildman–Crippen MR) is 105 cm³/mol. The fourth-order valence-corrected chi connectivity index (χ4v) is 3.29. The smallest absolute Gasteiger partial charge is 0.248 e. The van der Waals surface area contributed by atoms with Crippen LogP contribution in [0.25, 0.3) is 17.3 Å². The van der Waals surface area contributed by atoms with Crippen LogP contribution in [0.2, 0.25) is 0 Å². The van der Waals surface area contributed by atoms with Crippen LogP contribution < -0.4 is 5.32 Å². The molecule has 142 valence electrons. The number of imidazole rings is 1. The number of aryl methyl sites for hydroxylation is 2. The summed E-state index contributed by atoms with van der Waals surface area (Å²) in [7, 11) is 0. The van der Waals surface area contributed by atoms with Gasteiger partial charge in [0, 0.05) is 42.1 Å². The molecule has 4 nitrogen and oxygen atoms in total. The van der Waals surface area contributed by atoms with E-state index in [9.17, 15) is 13.6 Å². The van der Waals surface area contributed by atoms with E-state index in [0.717, 1.165) is 54.3 Å². The number of benzene rings is 2. The molecule has 0 aliphatic carbocycles. The lowest BCUT2D eigenvalue weighted by atomic mass is 10.1. The van der Waals surface area contributed by atoms with Crippen LogP contribution in [0.4, 0.5) is 14.5 Å². The molecular weight excluding hydrogens is 360 g/mol. The van der Waals surface area contributed by atoms with Crippen LogP contribution in [0.1, 0.15) is 24.2 Å². The molecule has 1 aromatic heterocycles. The molecule has 0 bridgehead atoms. The Kier molecular flexibility index (Phi) is 5.02. The van der Waals surface area contributed by atoms with Crippen molar-refractivity contribution >= 4 is 17.7 Å². The fraction of sp³-hybridized carbons (Fsp3) is 0.182. The van der Waals surface area contributed by atoms with Gasteiger partial charge in [-0.15, -0.1) is 0 Å². The number of nitrogens with one attached hydrogen (secondary N) is 1. The van der Waals surface area contributed by atoms with E-state index in [1.54, 1.807) is 12.1 Å². The lowest BCUT2D eigenvalue weighted by Gasteiger charge is -2.11. The zero-order valence-electron chi connectivity index (χ0n) is 15.2. The monoisotopic (exact) mass is 379 g/mol. The van der Waals surface area contributed by atoms with E-state index in [0.29, 0.717) is 5.69 Å². The summed E-state index contributed by atoms with van der Waals surface area (Å²) in [5.41, 5.74) is 2.25. The summed E-state index contributed by atoms with van der Waals surface area (Å²) < 4.78 is 29.4. The Bertz CT molecular complexity index is 995. The summed E-state index contributed by atoms with van der Waals surface area (Å²) in [6.45, 7) is 1.01. The third-order valence-electron chi connectivity index (χ3n) is 4.76. The minimum atomic E-state index is -0.712. The van der Waals surface area contributed by atoms with Crippen molar-refractivity contribution in [2.75, 3.05) is 5.32 Å².